The van der Waals surface area contributed by atoms with Crippen molar-refractivity contribution in [3.63, 3.8) is 0 Å². The van der Waals surface area contributed by atoms with Crippen LogP contribution in [0.4, 0.5) is 20.3 Å². The Bertz CT molecular complexity index is 1800. The maximum atomic E-state index is 15.1. The number of carbonyl (C=O) groups excluding carboxylic acids is 1. The summed E-state index contributed by atoms with van der Waals surface area (Å²) < 4.78 is 40.6. The summed E-state index contributed by atoms with van der Waals surface area (Å²) in [6.07, 6.45) is 4.66. The van der Waals surface area contributed by atoms with E-state index in [4.69, 9.17) is 9.47 Å². The van der Waals surface area contributed by atoms with Crippen LogP contribution < -0.4 is 20.9 Å². The number of nitrogens with zero attached hydrogens (tertiary/aromatic N) is 4. The van der Waals surface area contributed by atoms with Crippen molar-refractivity contribution in [1.82, 2.24) is 25.0 Å². The van der Waals surface area contributed by atoms with E-state index < -0.39 is 23.1 Å². The van der Waals surface area contributed by atoms with Crippen molar-refractivity contribution in [3.8, 4) is 17.2 Å². The van der Waals surface area contributed by atoms with E-state index in [1.165, 1.54) is 54.9 Å². The van der Waals surface area contributed by atoms with Crippen molar-refractivity contribution in [2.75, 3.05) is 17.7 Å². The number of ether oxygens (including phenoxy) is 2. The zero-order chi connectivity index (χ0) is 28.5. The number of hydrogen-bond donors (Lipinski definition) is 3. The lowest BCUT2D eigenvalue weighted by Crippen LogP contribution is -2.40. The maximum Gasteiger partial charge on any atom is 0.284 e. The van der Waals surface area contributed by atoms with Gasteiger partial charge in [0.05, 0.1) is 11.8 Å². The molecule has 0 bridgehead atoms. The molecule has 0 atom stereocenters. The highest BCUT2D eigenvalue weighted by Gasteiger charge is 2.30. The van der Waals surface area contributed by atoms with Gasteiger partial charge >= 0.3 is 0 Å². The van der Waals surface area contributed by atoms with E-state index in [2.05, 4.69) is 30.9 Å². The number of hydrogen-bond acceptors (Lipinski definition) is 8. The lowest BCUT2D eigenvalue weighted by Gasteiger charge is -2.34. The standard InChI is InChI=1S/C28H23F2N7O4/c1-40-19-12-17(13-19)33-26-24-23(9-10-31-25(24)35-36-26)41-22-7-4-16(14-21(22)30)34-27(38)20-8-11-32-37(28(20)39)18-5-2-15(29)3-6-18/h2-11,14,17,19H,12-13H2,1H3,(H,34,38)(H2,31,33,35,36)/t17-,19-. The average molecular weight is 560 g/mol. The fourth-order valence-corrected chi connectivity index (χ4v) is 4.51. The summed E-state index contributed by atoms with van der Waals surface area (Å²) in [6, 6.07) is 12.0. The van der Waals surface area contributed by atoms with E-state index in [0.29, 0.717) is 22.6 Å². The lowest BCUT2D eigenvalue weighted by molar-refractivity contribution is 0.0328. The Morgan fingerprint density at radius 3 is 2.61 bits per heavy atom. The normalized spacial score (nSPS) is 16.3. The molecule has 208 valence electrons. The number of carbonyl (C=O) groups is 1. The van der Waals surface area contributed by atoms with Crippen LogP contribution in [-0.4, -0.2) is 50.1 Å². The molecule has 0 spiro atoms. The first-order valence-electron chi connectivity index (χ1n) is 12.6. The lowest BCUT2D eigenvalue weighted by atomic mass is 9.89. The number of benzene rings is 2. The van der Waals surface area contributed by atoms with Crippen molar-refractivity contribution >= 4 is 28.4 Å². The monoisotopic (exact) mass is 559 g/mol. The Hall–Kier alpha value is -5.17. The molecule has 0 unspecified atom stereocenters. The molecule has 3 heterocycles. The van der Waals surface area contributed by atoms with Crippen LogP contribution in [0.3, 0.4) is 0 Å². The number of H-pyrrole nitrogens is 1. The van der Waals surface area contributed by atoms with Crippen molar-refractivity contribution in [3.05, 3.63) is 94.5 Å². The number of methoxy groups -OCH3 is 1. The third-order valence-electron chi connectivity index (χ3n) is 6.76. The van der Waals surface area contributed by atoms with E-state index in [-0.39, 0.29) is 34.8 Å². The van der Waals surface area contributed by atoms with Crippen LogP contribution in [0, 0.1) is 11.6 Å². The minimum absolute atomic E-state index is 0.0895. The molecule has 0 radical (unpaired) electrons. The highest BCUT2D eigenvalue weighted by molar-refractivity contribution is 6.04. The summed E-state index contributed by atoms with van der Waals surface area (Å²) in [5.41, 5.74) is -0.0877. The quantitative estimate of drug-likeness (QED) is 0.254. The molecule has 1 aliphatic carbocycles. The Morgan fingerprint density at radius 1 is 1.05 bits per heavy atom. The molecule has 13 heteroatoms. The molecule has 3 N–H and O–H groups in total. The van der Waals surface area contributed by atoms with Crippen LogP contribution in [-0.2, 0) is 4.74 Å². The van der Waals surface area contributed by atoms with E-state index in [1.807, 2.05) is 0 Å². The molecular weight excluding hydrogens is 536 g/mol. The van der Waals surface area contributed by atoms with Crippen LogP contribution in [0.1, 0.15) is 23.2 Å². The predicted octanol–water partition coefficient (Wildman–Crippen LogP) is 4.42. The Labute approximate surface area is 231 Å². The second-order valence-electron chi connectivity index (χ2n) is 9.41. The fraction of sp³-hybridized carbons (Fsp3) is 0.179. The number of halogens is 2. The largest absolute Gasteiger partial charge is 0.453 e. The van der Waals surface area contributed by atoms with Gasteiger partial charge in [-0.05, 0) is 55.3 Å². The number of aromatic amines is 1. The Kier molecular flexibility index (Phi) is 6.85. The SMILES string of the molecule is CO[C@H]1C[C@H](Nc2n[nH]c3nccc(Oc4ccc(NC(=O)c5ccnn(-c6ccc(F)cc6)c5=O)cc4F)c23)C1. The van der Waals surface area contributed by atoms with Crippen molar-refractivity contribution in [2.45, 2.75) is 25.0 Å². The molecule has 2 aromatic carbocycles. The molecule has 6 rings (SSSR count). The molecule has 0 saturated heterocycles. The number of amides is 1. The molecule has 41 heavy (non-hydrogen) atoms. The van der Waals surface area contributed by atoms with Gasteiger partial charge in [-0.3, -0.25) is 14.7 Å². The van der Waals surface area contributed by atoms with Gasteiger partial charge in [0.2, 0.25) is 0 Å². The van der Waals surface area contributed by atoms with Gasteiger partial charge in [-0.15, -0.1) is 0 Å². The minimum Gasteiger partial charge on any atom is -0.453 e. The van der Waals surface area contributed by atoms with Crippen molar-refractivity contribution in [2.24, 2.45) is 0 Å². The van der Waals surface area contributed by atoms with Crippen LogP contribution in [0.25, 0.3) is 16.7 Å². The van der Waals surface area contributed by atoms with Gasteiger partial charge in [-0.1, -0.05) is 0 Å². The summed E-state index contributed by atoms with van der Waals surface area (Å²) in [7, 11) is 1.68. The first-order chi connectivity index (χ1) is 19.9. The van der Waals surface area contributed by atoms with Crippen LogP contribution in [0.2, 0.25) is 0 Å². The molecule has 1 saturated carbocycles. The molecule has 1 fully saturated rings. The van der Waals surface area contributed by atoms with Gasteiger partial charge < -0.3 is 20.1 Å². The second-order valence-corrected chi connectivity index (χ2v) is 9.41. The van der Waals surface area contributed by atoms with Gasteiger partial charge in [0.25, 0.3) is 11.5 Å². The number of fused-ring (bicyclic) bond motifs is 1. The van der Waals surface area contributed by atoms with Gasteiger partial charge in [0.15, 0.2) is 23.0 Å². The first-order valence-corrected chi connectivity index (χ1v) is 12.6. The van der Waals surface area contributed by atoms with E-state index >= 15 is 4.39 Å². The molecular formula is C28H23F2N7O4. The number of nitrogens with one attached hydrogen (secondary N) is 3. The minimum atomic E-state index is -0.766. The van der Waals surface area contributed by atoms with Gasteiger partial charge in [-0.2, -0.15) is 14.9 Å². The second kappa shape index (κ2) is 10.8. The van der Waals surface area contributed by atoms with Gasteiger partial charge in [-0.25, -0.2) is 13.8 Å². The Morgan fingerprint density at radius 2 is 1.85 bits per heavy atom. The van der Waals surface area contributed by atoms with E-state index in [9.17, 15) is 14.0 Å². The third-order valence-corrected chi connectivity index (χ3v) is 6.76. The number of aromatic nitrogens is 5. The topological polar surface area (TPSA) is 136 Å². The number of anilines is 2. The Balaban J connectivity index is 1.19. The summed E-state index contributed by atoms with van der Waals surface area (Å²) in [5.74, 6) is -1.20. The van der Waals surface area contributed by atoms with E-state index in [0.717, 1.165) is 23.6 Å². The van der Waals surface area contributed by atoms with Gasteiger partial charge in [0.1, 0.15) is 22.5 Å². The smallest absolute Gasteiger partial charge is 0.284 e. The predicted molar refractivity (Wildman–Crippen MR) is 146 cm³/mol. The van der Waals surface area contributed by atoms with Crippen molar-refractivity contribution in [1.29, 1.82) is 0 Å². The zero-order valence-electron chi connectivity index (χ0n) is 21.6. The van der Waals surface area contributed by atoms with Crippen LogP contribution >= 0.6 is 0 Å². The number of pyridine rings is 1. The summed E-state index contributed by atoms with van der Waals surface area (Å²) in [5, 5.41) is 17.5. The molecule has 1 aliphatic rings. The van der Waals surface area contributed by atoms with E-state index in [1.54, 1.807) is 13.2 Å². The molecule has 11 nitrogen and oxygen atoms in total. The van der Waals surface area contributed by atoms with Crippen molar-refractivity contribution < 1.29 is 23.0 Å². The third kappa shape index (κ3) is 5.22. The number of rotatable bonds is 8. The zero-order valence-corrected chi connectivity index (χ0v) is 21.6. The molecule has 5 aromatic rings. The van der Waals surface area contributed by atoms with Crippen LogP contribution in [0.5, 0.6) is 11.5 Å². The average Bonchev–Trinajstić information content (AvgIpc) is 3.36. The highest BCUT2D eigenvalue weighted by Crippen LogP contribution is 2.36. The molecule has 1 amide bonds. The fourth-order valence-electron chi connectivity index (χ4n) is 4.51. The summed E-state index contributed by atoms with van der Waals surface area (Å²) in [4.78, 5) is 30.0. The van der Waals surface area contributed by atoms with Gasteiger partial charge in [0, 0.05) is 43.4 Å². The van der Waals surface area contributed by atoms with Crippen LogP contribution in [0.15, 0.2) is 71.8 Å². The maximum absolute atomic E-state index is 15.1. The summed E-state index contributed by atoms with van der Waals surface area (Å²) in [6.45, 7) is 0. The first kappa shape index (κ1) is 26.1. The molecule has 0 aliphatic heterocycles. The summed E-state index contributed by atoms with van der Waals surface area (Å²) >= 11 is 0. The highest BCUT2D eigenvalue weighted by atomic mass is 19.1. The molecule has 3 aromatic heterocycles.